The number of nitrogens with zero attached hydrogens (tertiary/aromatic N) is 2. The van der Waals surface area contributed by atoms with Crippen LogP contribution in [-0.2, 0) is 4.79 Å². The molecule has 0 aromatic heterocycles. The summed E-state index contributed by atoms with van der Waals surface area (Å²) in [6.07, 6.45) is 4.81. The van der Waals surface area contributed by atoms with Crippen molar-refractivity contribution >= 4 is 11.6 Å². The molecule has 1 amide bonds. The van der Waals surface area contributed by atoms with E-state index in [1.807, 2.05) is 12.1 Å². The number of hydrogen-bond acceptors (Lipinski definition) is 3. The smallest absolute Gasteiger partial charge is 0.234 e. The van der Waals surface area contributed by atoms with Crippen LogP contribution in [-0.4, -0.2) is 49.6 Å². The van der Waals surface area contributed by atoms with Gasteiger partial charge in [0.25, 0.3) is 0 Å². The zero-order chi connectivity index (χ0) is 19.4. The van der Waals surface area contributed by atoms with E-state index in [1.165, 1.54) is 31.4 Å². The highest BCUT2D eigenvalue weighted by Crippen LogP contribution is 2.37. The van der Waals surface area contributed by atoms with Gasteiger partial charge in [-0.2, -0.15) is 0 Å². The molecule has 2 aliphatic rings. The Morgan fingerprint density at radius 2 is 1.70 bits per heavy atom. The maximum Gasteiger partial charge on any atom is 0.234 e. The molecule has 1 aliphatic carbocycles. The normalized spacial score (nSPS) is 24.7. The van der Waals surface area contributed by atoms with Gasteiger partial charge in [0.15, 0.2) is 0 Å². The van der Waals surface area contributed by atoms with Crippen molar-refractivity contribution < 1.29 is 9.18 Å². The number of hydrogen-bond donors (Lipinski definition) is 1. The standard InChI is InChI=1S/C22H34FN3O/c1-22(2,3)19-6-4-5-7-20(19)24-21(27)16-25-12-14-26(15-13-25)18-10-8-17(23)9-11-18/h8-11,19-20H,4-7,12-16H2,1-3H3,(H,24,27). The largest absolute Gasteiger partial charge is 0.369 e. The highest BCUT2D eigenvalue weighted by molar-refractivity contribution is 5.78. The lowest BCUT2D eigenvalue weighted by Crippen LogP contribution is -2.52. The first-order valence-electron chi connectivity index (χ1n) is 10.3. The van der Waals surface area contributed by atoms with Crippen LogP contribution in [0.25, 0.3) is 0 Å². The van der Waals surface area contributed by atoms with Crippen LogP contribution in [0, 0.1) is 17.2 Å². The van der Waals surface area contributed by atoms with Crippen LogP contribution >= 0.6 is 0 Å². The second kappa shape index (κ2) is 8.59. The third kappa shape index (κ3) is 5.44. The zero-order valence-electron chi connectivity index (χ0n) is 17.0. The molecule has 0 radical (unpaired) electrons. The van der Waals surface area contributed by atoms with Gasteiger partial charge in [0, 0.05) is 37.9 Å². The molecule has 1 saturated heterocycles. The van der Waals surface area contributed by atoms with Crippen molar-refractivity contribution in [3.8, 4) is 0 Å². The van der Waals surface area contributed by atoms with Gasteiger partial charge < -0.3 is 10.2 Å². The maximum absolute atomic E-state index is 13.1. The molecule has 0 bridgehead atoms. The average molecular weight is 376 g/mol. The number of nitrogens with one attached hydrogen (secondary N) is 1. The number of carbonyl (C=O) groups is 1. The van der Waals surface area contributed by atoms with Gasteiger partial charge >= 0.3 is 0 Å². The molecule has 150 valence electrons. The monoisotopic (exact) mass is 375 g/mol. The third-order valence-corrected chi connectivity index (χ3v) is 6.16. The molecular formula is C22H34FN3O. The van der Waals surface area contributed by atoms with Crippen molar-refractivity contribution in [2.24, 2.45) is 11.3 Å². The quantitative estimate of drug-likeness (QED) is 0.872. The Hall–Kier alpha value is -1.62. The van der Waals surface area contributed by atoms with E-state index in [-0.39, 0.29) is 17.1 Å². The van der Waals surface area contributed by atoms with Crippen LogP contribution < -0.4 is 10.2 Å². The Balaban J connectivity index is 1.47. The van der Waals surface area contributed by atoms with Gasteiger partial charge in [-0.3, -0.25) is 9.69 Å². The SMILES string of the molecule is CC(C)(C)C1CCCCC1NC(=O)CN1CCN(c2ccc(F)cc2)CC1. The van der Waals surface area contributed by atoms with Gasteiger partial charge in [0.05, 0.1) is 6.54 Å². The predicted molar refractivity (Wildman–Crippen MR) is 108 cm³/mol. The first-order valence-corrected chi connectivity index (χ1v) is 10.3. The van der Waals surface area contributed by atoms with E-state index in [0.29, 0.717) is 18.5 Å². The third-order valence-electron chi connectivity index (χ3n) is 6.16. The number of halogens is 1. The predicted octanol–water partition coefficient (Wildman–Crippen LogP) is 3.67. The summed E-state index contributed by atoms with van der Waals surface area (Å²) in [5.41, 5.74) is 1.29. The number of rotatable bonds is 4. The summed E-state index contributed by atoms with van der Waals surface area (Å²) in [6, 6.07) is 6.98. The molecule has 0 spiro atoms. The molecule has 1 saturated carbocycles. The fourth-order valence-electron chi connectivity index (χ4n) is 4.61. The molecule has 2 unspecified atom stereocenters. The molecule has 2 fully saturated rings. The number of amides is 1. The number of anilines is 1. The lowest BCUT2D eigenvalue weighted by Gasteiger charge is -2.41. The van der Waals surface area contributed by atoms with Crippen molar-refractivity contribution in [1.29, 1.82) is 0 Å². The van der Waals surface area contributed by atoms with E-state index in [1.54, 1.807) is 0 Å². The highest BCUT2D eigenvalue weighted by atomic mass is 19.1. The lowest BCUT2D eigenvalue weighted by atomic mass is 9.69. The van der Waals surface area contributed by atoms with E-state index in [4.69, 9.17) is 0 Å². The number of piperazine rings is 1. The second-order valence-corrected chi connectivity index (χ2v) is 9.17. The van der Waals surface area contributed by atoms with Crippen LogP contribution in [0.15, 0.2) is 24.3 Å². The highest BCUT2D eigenvalue weighted by Gasteiger charge is 2.35. The van der Waals surface area contributed by atoms with Gasteiger partial charge in [-0.15, -0.1) is 0 Å². The van der Waals surface area contributed by atoms with Gasteiger partial charge in [0.2, 0.25) is 5.91 Å². The fraction of sp³-hybridized carbons (Fsp3) is 0.682. The Labute approximate surface area is 163 Å². The van der Waals surface area contributed by atoms with Gasteiger partial charge in [-0.1, -0.05) is 33.6 Å². The molecular weight excluding hydrogens is 341 g/mol. The van der Waals surface area contributed by atoms with E-state index in [9.17, 15) is 9.18 Å². The summed E-state index contributed by atoms with van der Waals surface area (Å²) in [5, 5.41) is 3.34. The zero-order valence-corrected chi connectivity index (χ0v) is 17.0. The average Bonchev–Trinajstić information content (AvgIpc) is 2.62. The minimum atomic E-state index is -0.203. The molecule has 3 rings (SSSR count). The van der Waals surface area contributed by atoms with Crippen molar-refractivity contribution in [2.75, 3.05) is 37.6 Å². The molecule has 1 heterocycles. The Bertz CT molecular complexity index is 617. The molecule has 4 nitrogen and oxygen atoms in total. The van der Waals surface area contributed by atoms with E-state index in [0.717, 1.165) is 38.3 Å². The summed E-state index contributed by atoms with van der Waals surface area (Å²) in [6.45, 7) is 10.8. The van der Waals surface area contributed by atoms with Gasteiger partial charge in [-0.05, 0) is 48.4 Å². The van der Waals surface area contributed by atoms with Crippen LogP contribution in [0.5, 0.6) is 0 Å². The van der Waals surface area contributed by atoms with E-state index < -0.39 is 0 Å². The van der Waals surface area contributed by atoms with Crippen LogP contribution in [0.1, 0.15) is 46.5 Å². The first kappa shape index (κ1) is 20.1. The fourth-order valence-corrected chi connectivity index (χ4v) is 4.61. The number of carbonyl (C=O) groups excluding carboxylic acids is 1. The molecule has 1 aromatic carbocycles. The van der Waals surface area contributed by atoms with Crippen LogP contribution in [0.3, 0.4) is 0 Å². The van der Waals surface area contributed by atoms with E-state index >= 15 is 0 Å². The van der Waals surface area contributed by atoms with Gasteiger partial charge in [-0.25, -0.2) is 4.39 Å². The van der Waals surface area contributed by atoms with Crippen molar-refractivity contribution in [3.63, 3.8) is 0 Å². The van der Waals surface area contributed by atoms with Crippen molar-refractivity contribution in [1.82, 2.24) is 10.2 Å². The minimum absolute atomic E-state index is 0.159. The Morgan fingerprint density at radius 3 is 2.33 bits per heavy atom. The van der Waals surface area contributed by atoms with Crippen LogP contribution in [0.2, 0.25) is 0 Å². The number of benzene rings is 1. The maximum atomic E-state index is 13.1. The summed E-state index contributed by atoms with van der Waals surface area (Å²) in [7, 11) is 0. The Kier molecular flexibility index (Phi) is 6.40. The van der Waals surface area contributed by atoms with Crippen LogP contribution in [0.4, 0.5) is 10.1 Å². The van der Waals surface area contributed by atoms with Crippen molar-refractivity contribution in [3.05, 3.63) is 30.1 Å². The molecule has 27 heavy (non-hydrogen) atoms. The summed E-state index contributed by atoms with van der Waals surface area (Å²) in [5.74, 6) is 0.516. The lowest BCUT2D eigenvalue weighted by molar-refractivity contribution is -0.124. The molecule has 1 N–H and O–H groups in total. The summed E-state index contributed by atoms with van der Waals surface area (Å²) in [4.78, 5) is 17.1. The van der Waals surface area contributed by atoms with Crippen molar-refractivity contribution in [2.45, 2.75) is 52.5 Å². The summed E-state index contributed by atoms with van der Waals surface area (Å²) >= 11 is 0. The van der Waals surface area contributed by atoms with Gasteiger partial charge in [0.1, 0.15) is 5.82 Å². The summed E-state index contributed by atoms with van der Waals surface area (Å²) < 4.78 is 13.1. The molecule has 1 aliphatic heterocycles. The Morgan fingerprint density at radius 1 is 1.07 bits per heavy atom. The topological polar surface area (TPSA) is 35.6 Å². The molecule has 1 aromatic rings. The molecule has 5 heteroatoms. The minimum Gasteiger partial charge on any atom is -0.369 e. The first-order chi connectivity index (χ1) is 12.8. The van der Waals surface area contributed by atoms with E-state index in [2.05, 4.69) is 35.9 Å². The second-order valence-electron chi connectivity index (χ2n) is 9.17. The molecule has 2 atom stereocenters.